The minimum atomic E-state index is -0.620. The van der Waals surface area contributed by atoms with Gasteiger partial charge in [-0.2, -0.15) is 0 Å². The number of ether oxygens (including phenoxy) is 3. The van der Waals surface area contributed by atoms with Crippen LogP contribution in [0.2, 0.25) is 0 Å². The molecule has 0 unspecified atom stereocenters. The highest BCUT2D eigenvalue weighted by molar-refractivity contribution is 8.00. The highest BCUT2D eigenvalue weighted by atomic mass is 32.2. The molecule has 0 spiro atoms. The molecule has 2 aromatic carbocycles. The van der Waals surface area contributed by atoms with Crippen LogP contribution in [-0.4, -0.2) is 43.0 Å². The fourth-order valence-electron chi connectivity index (χ4n) is 2.78. The molecule has 1 aliphatic rings. The van der Waals surface area contributed by atoms with Gasteiger partial charge in [0.05, 0.1) is 11.3 Å². The van der Waals surface area contributed by atoms with Crippen LogP contribution in [0.3, 0.4) is 0 Å². The molecule has 1 heterocycles. The number of carbonyl (C=O) groups is 3. The van der Waals surface area contributed by atoms with Gasteiger partial charge in [0.15, 0.2) is 18.1 Å². The normalized spacial score (nSPS) is 11.8. The van der Waals surface area contributed by atoms with E-state index >= 15 is 0 Å². The molecule has 2 aromatic rings. The van der Waals surface area contributed by atoms with Crippen LogP contribution in [0.25, 0.3) is 0 Å². The standard InChI is InChI=1S/C22H24N2O6S/c1-14(2)24-21(26)12-31-19-6-4-3-5-16(19)22(27)28-11-20(25)23-10-15-7-8-17-18(9-15)30-13-29-17/h3-9,14H,10-13H2,1-2H3,(H,23,25)(H,24,26). The first-order chi connectivity index (χ1) is 14.9. The first-order valence-corrected chi connectivity index (χ1v) is 10.7. The molecule has 9 heteroatoms. The van der Waals surface area contributed by atoms with Crippen molar-refractivity contribution in [3.05, 3.63) is 53.6 Å². The molecule has 0 radical (unpaired) electrons. The van der Waals surface area contributed by atoms with Crippen LogP contribution in [0.15, 0.2) is 47.4 Å². The Morgan fingerprint density at radius 1 is 1.06 bits per heavy atom. The number of benzene rings is 2. The smallest absolute Gasteiger partial charge is 0.339 e. The van der Waals surface area contributed by atoms with Crippen molar-refractivity contribution in [1.82, 2.24) is 10.6 Å². The molecule has 0 fully saturated rings. The zero-order valence-corrected chi connectivity index (χ0v) is 18.1. The van der Waals surface area contributed by atoms with Gasteiger partial charge < -0.3 is 24.8 Å². The molecule has 0 saturated heterocycles. The molecular formula is C22H24N2O6S. The Bertz CT molecular complexity index is 963. The van der Waals surface area contributed by atoms with Crippen molar-refractivity contribution in [2.24, 2.45) is 0 Å². The van der Waals surface area contributed by atoms with Crippen molar-refractivity contribution in [2.45, 2.75) is 31.3 Å². The van der Waals surface area contributed by atoms with E-state index in [9.17, 15) is 14.4 Å². The Labute approximate surface area is 184 Å². The third kappa shape index (κ3) is 6.65. The molecule has 2 N–H and O–H groups in total. The summed E-state index contributed by atoms with van der Waals surface area (Å²) in [4.78, 5) is 37.0. The molecule has 3 rings (SSSR count). The Hall–Kier alpha value is -3.20. The maximum Gasteiger partial charge on any atom is 0.339 e. The Balaban J connectivity index is 1.47. The summed E-state index contributed by atoms with van der Waals surface area (Å²) in [6, 6.07) is 12.3. The number of rotatable bonds is 9. The summed E-state index contributed by atoms with van der Waals surface area (Å²) >= 11 is 1.24. The van der Waals surface area contributed by atoms with Gasteiger partial charge in [0.2, 0.25) is 12.7 Å². The number of hydrogen-bond donors (Lipinski definition) is 2. The van der Waals surface area contributed by atoms with Crippen LogP contribution in [-0.2, 0) is 20.9 Å². The minimum Gasteiger partial charge on any atom is -0.454 e. The highest BCUT2D eigenvalue weighted by Gasteiger charge is 2.17. The van der Waals surface area contributed by atoms with E-state index in [1.165, 1.54) is 11.8 Å². The number of amides is 2. The van der Waals surface area contributed by atoms with E-state index in [-0.39, 0.29) is 31.0 Å². The first kappa shape index (κ1) is 22.5. The predicted molar refractivity (Wildman–Crippen MR) is 115 cm³/mol. The maximum atomic E-state index is 12.4. The molecule has 2 amide bonds. The van der Waals surface area contributed by atoms with Gasteiger partial charge >= 0.3 is 5.97 Å². The van der Waals surface area contributed by atoms with E-state index in [0.717, 1.165) is 5.56 Å². The second-order valence-electron chi connectivity index (χ2n) is 7.05. The zero-order chi connectivity index (χ0) is 22.2. The van der Waals surface area contributed by atoms with E-state index in [2.05, 4.69) is 10.6 Å². The van der Waals surface area contributed by atoms with Crippen LogP contribution in [0, 0.1) is 0 Å². The molecule has 0 aromatic heterocycles. The quantitative estimate of drug-likeness (QED) is 0.452. The Morgan fingerprint density at radius 3 is 2.65 bits per heavy atom. The Morgan fingerprint density at radius 2 is 1.84 bits per heavy atom. The summed E-state index contributed by atoms with van der Waals surface area (Å²) in [7, 11) is 0. The van der Waals surface area contributed by atoms with Crippen molar-refractivity contribution in [2.75, 3.05) is 19.2 Å². The van der Waals surface area contributed by atoms with Crippen LogP contribution in [0.1, 0.15) is 29.8 Å². The SMILES string of the molecule is CC(C)NC(=O)CSc1ccccc1C(=O)OCC(=O)NCc1ccc2c(c1)OCO2. The molecule has 31 heavy (non-hydrogen) atoms. The van der Waals surface area contributed by atoms with Gasteiger partial charge in [-0.05, 0) is 43.7 Å². The van der Waals surface area contributed by atoms with Crippen LogP contribution >= 0.6 is 11.8 Å². The summed E-state index contributed by atoms with van der Waals surface area (Å²) in [5.74, 6) is 0.319. The molecule has 1 aliphatic heterocycles. The van der Waals surface area contributed by atoms with Crippen molar-refractivity contribution < 1.29 is 28.6 Å². The lowest BCUT2D eigenvalue weighted by Gasteiger charge is -2.11. The average molecular weight is 445 g/mol. The molecule has 164 valence electrons. The monoisotopic (exact) mass is 444 g/mol. The molecule has 0 bridgehead atoms. The fourth-order valence-corrected chi connectivity index (χ4v) is 3.63. The van der Waals surface area contributed by atoms with Crippen molar-refractivity contribution >= 4 is 29.5 Å². The summed E-state index contributed by atoms with van der Waals surface area (Å²) in [6.07, 6.45) is 0. The molecule has 0 aliphatic carbocycles. The molecule has 0 atom stereocenters. The summed E-state index contributed by atoms with van der Waals surface area (Å²) in [5.41, 5.74) is 1.15. The topological polar surface area (TPSA) is 103 Å². The molecule has 0 saturated carbocycles. The van der Waals surface area contributed by atoms with Gasteiger partial charge in [0.25, 0.3) is 5.91 Å². The highest BCUT2D eigenvalue weighted by Crippen LogP contribution is 2.32. The van der Waals surface area contributed by atoms with Gasteiger partial charge in [-0.3, -0.25) is 9.59 Å². The number of fused-ring (bicyclic) bond motifs is 1. The number of hydrogen-bond acceptors (Lipinski definition) is 7. The van der Waals surface area contributed by atoms with E-state index in [1.54, 1.807) is 36.4 Å². The second kappa shape index (κ2) is 10.7. The fraction of sp³-hybridized carbons (Fsp3) is 0.318. The van der Waals surface area contributed by atoms with Gasteiger partial charge in [-0.1, -0.05) is 18.2 Å². The maximum absolute atomic E-state index is 12.4. The summed E-state index contributed by atoms with van der Waals surface area (Å²) in [5, 5.41) is 5.50. The largest absolute Gasteiger partial charge is 0.454 e. The molecular weight excluding hydrogens is 420 g/mol. The van der Waals surface area contributed by atoms with Crippen molar-refractivity contribution in [3.8, 4) is 11.5 Å². The zero-order valence-electron chi connectivity index (χ0n) is 17.3. The van der Waals surface area contributed by atoms with Crippen LogP contribution in [0.4, 0.5) is 0 Å². The van der Waals surface area contributed by atoms with Crippen LogP contribution in [0.5, 0.6) is 11.5 Å². The summed E-state index contributed by atoms with van der Waals surface area (Å²) in [6.45, 7) is 3.81. The van der Waals surface area contributed by atoms with Gasteiger partial charge in [0.1, 0.15) is 0 Å². The van der Waals surface area contributed by atoms with Gasteiger partial charge in [-0.15, -0.1) is 11.8 Å². The third-order valence-corrected chi connectivity index (χ3v) is 5.25. The van der Waals surface area contributed by atoms with Crippen molar-refractivity contribution in [3.63, 3.8) is 0 Å². The van der Waals surface area contributed by atoms with Gasteiger partial charge in [-0.25, -0.2) is 4.79 Å². The van der Waals surface area contributed by atoms with E-state index in [0.29, 0.717) is 22.0 Å². The lowest BCUT2D eigenvalue weighted by Crippen LogP contribution is -2.31. The lowest BCUT2D eigenvalue weighted by molar-refractivity contribution is -0.124. The number of esters is 1. The van der Waals surface area contributed by atoms with Crippen molar-refractivity contribution in [1.29, 1.82) is 0 Å². The van der Waals surface area contributed by atoms with Crippen LogP contribution < -0.4 is 20.1 Å². The minimum absolute atomic E-state index is 0.0458. The third-order valence-electron chi connectivity index (χ3n) is 4.18. The van der Waals surface area contributed by atoms with E-state index in [4.69, 9.17) is 14.2 Å². The first-order valence-electron chi connectivity index (χ1n) is 9.76. The van der Waals surface area contributed by atoms with Gasteiger partial charge in [0, 0.05) is 17.5 Å². The molecule has 8 nitrogen and oxygen atoms in total. The second-order valence-corrected chi connectivity index (χ2v) is 8.06. The number of thioether (sulfide) groups is 1. The number of nitrogens with one attached hydrogen (secondary N) is 2. The average Bonchev–Trinajstić information content (AvgIpc) is 3.22. The predicted octanol–water partition coefficient (Wildman–Crippen LogP) is 2.51. The Kier molecular flexibility index (Phi) is 7.77. The lowest BCUT2D eigenvalue weighted by atomic mass is 10.2. The summed E-state index contributed by atoms with van der Waals surface area (Å²) < 4.78 is 15.7. The van der Waals surface area contributed by atoms with E-state index < -0.39 is 18.5 Å². The van der Waals surface area contributed by atoms with E-state index in [1.807, 2.05) is 19.9 Å². The number of carbonyl (C=O) groups excluding carboxylic acids is 3.